The molecule has 2 heterocycles. The van der Waals surface area contributed by atoms with Crippen LogP contribution in [0.3, 0.4) is 0 Å². The highest BCUT2D eigenvalue weighted by molar-refractivity contribution is 5.62. The van der Waals surface area contributed by atoms with E-state index in [0.717, 1.165) is 25.1 Å². The zero-order valence-electron chi connectivity index (χ0n) is 11.8. The fourth-order valence-corrected chi connectivity index (χ4v) is 2.84. The minimum atomic E-state index is 0.919. The third-order valence-corrected chi connectivity index (χ3v) is 3.91. The van der Waals surface area contributed by atoms with E-state index in [4.69, 9.17) is 4.74 Å². The van der Waals surface area contributed by atoms with Crippen molar-refractivity contribution in [3.63, 3.8) is 0 Å². The van der Waals surface area contributed by atoms with E-state index in [1.807, 2.05) is 6.07 Å². The van der Waals surface area contributed by atoms with E-state index in [0.29, 0.717) is 0 Å². The molecule has 0 saturated heterocycles. The van der Waals surface area contributed by atoms with Gasteiger partial charge in [-0.05, 0) is 56.0 Å². The zero-order valence-corrected chi connectivity index (χ0v) is 11.8. The molecule has 0 saturated carbocycles. The molecule has 0 atom stereocenters. The van der Waals surface area contributed by atoms with Crippen LogP contribution < -0.4 is 15.0 Å². The lowest BCUT2D eigenvalue weighted by Gasteiger charge is -2.27. The molecule has 0 aliphatic carbocycles. The molecule has 0 aromatic heterocycles. The van der Waals surface area contributed by atoms with Crippen LogP contribution in [0.1, 0.15) is 25.3 Å². The van der Waals surface area contributed by atoms with Gasteiger partial charge in [-0.3, -0.25) is 0 Å². The van der Waals surface area contributed by atoms with Gasteiger partial charge in [0.05, 0.1) is 7.11 Å². The molecular formula is C16H20N2O. The first-order valence-electron chi connectivity index (χ1n) is 6.77. The molecule has 19 heavy (non-hydrogen) atoms. The summed E-state index contributed by atoms with van der Waals surface area (Å²) in [7, 11) is 1.71. The molecule has 100 valence electrons. The second-order valence-corrected chi connectivity index (χ2v) is 5.22. The van der Waals surface area contributed by atoms with Crippen LogP contribution in [0.25, 0.3) is 0 Å². The molecule has 3 heteroatoms. The van der Waals surface area contributed by atoms with Gasteiger partial charge in [0.15, 0.2) is 0 Å². The van der Waals surface area contributed by atoms with Crippen LogP contribution in [0.2, 0.25) is 0 Å². The lowest BCUT2D eigenvalue weighted by atomic mass is 10.1. The van der Waals surface area contributed by atoms with Crippen molar-refractivity contribution in [2.45, 2.75) is 26.7 Å². The number of aryl methyl sites for hydroxylation is 1. The largest absolute Gasteiger partial charge is 0.497 e. The summed E-state index contributed by atoms with van der Waals surface area (Å²) in [5, 5.41) is 3.52. The topological polar surface area (TPSA) is 24.5 Å². The Labute approximate surface area is 114 Å². The summed E-state index contributed by atoms with van der Waals surface area (Å²) in [5.41, 5.74) is 5.28. The van der Waals surface area contributed by atoms with Crippen LogP contribution in [-0.4, -0.2) is 13.7 Å². The Kier molecular flexibility index (Phi) is 2.97. The van der Waals surface area contributed by atoms with Gasteiger partial charge >= 0.3 is 0 Å². The summed E-state index contributed by atoms with van der Waals surface area (Å²) >= 11 is 0. The Balaban J connectivity index is 1.93. The molecule has 1 aromatic rings. The number of allylic oxidation sites excluding steroid dienone is 2. The molecule has 0 radical (unpaired) electrons. The third-order valence-electron chi connectivity index (χ3n) is 3.91. The van der Waals surface area contributed by atoms with Crippen molar-refractivity contribution in [1.82, 2.24) is 5.32 Å². The first-order valence-corrected chi connectivity index (χ1v) is 6.77. The monoisotopic (exact) mass is 256 g/mol. The van der Waals surface area contributed by atoms with E-state index in [1.165, 1.54) is 28.3 Å². The van der Waals surface area contributed by atoms with Gasteiger partial charge in [0.2, 0.25) is 0 Å². The van der Waals surface area contributed by atoms with Crippen molar-refractivity contribution >= 4 is 5.69 Å². The van der Waals surface area contributed by atoms with Gasteiger partial charge in [0, 0.05) is 17.9 Å². The first kappa shape index (κ1) is 12.2. The van der Waals surface area contributed by atoms with E-state index >= 15 is 0 Å². The van der Waals surface area contributed by atoms with E-state index < -0.39 is 0 Å². The van der Waals surface area contributed by atoms with Gasteiger partial charge in [-0.1, -0.05) is 6.08 Å². The van der Waals surface area contributed by atoms with Crippen LogP contribution in [0.4, 0.5) is 5.69 Å². The highest BCUT2D eigenvalue weighted by Crippen LogP contribution is 2.35. The molecule has 0 bridgehead atoms. The molecule has 2 aliphatic heterocycles. The minimum Gasteiger partial charge on any atom is -0.497 e. The number of dihydropyridines is 1. The van der Waals surface area contributed by atoms with Crippen molar-refractivity contribution < 1.29 is 4.74 Å². The van der Waals surface area contributed by atoms with Gasteiger partial charge in [-0.2, -0.15) is 0 Å². The second-order valence-electron chi connectivity index (χ2n) is 5.22. The van der Waals surface area contributed by atoms with Crippen molar-refractivity contribution in [1.29, 1.82) is 0 Å². The average molecular weight is 256 g/mol. The van der Waals surface area contributed by atoms with Gasteiger partial charge in [0.1, 0.15) is 11.6 Å². The number of rotatable bonds is 2. The number of hydrogen-bond donors (Lipinski definition) is 1. The van der Waals surface area contributed by atoms with Crippen LogP contribution in [0, 0.1) is 6.92 Å². The molecule has 2 aliphatic rings. The number of nitrogens with one attached hydrogen (secondary N) is 1. The number of hydrogen-bond acceptors (Lipinski definition) is 3. The predicted octanol–water partition coefficient (Wildman–Crippen LogP) is 3.32. The van der Waals surface area contributed by atoms with Crippen LogP contribution in [0.15, 0.2) is 41.4 Å². The van der Waals surface area contributed by atoms with Crippen LogP contribution in [0.5, 0.6) is 5.75 Å². The molecule has 0 spiro atoms. The summed E-state index contributed by atoms with van der Waals surface area (Å²) < 4.78 is 5.28. The fraction of sp³-hybridized carbons (Fsp3) is 0.375. The summed E-state index contributed by atoms with van der Waals surface area (Å²) in [5.74, 6) is 2.20. The van der Waals surface area contributed by atoms with E-state index in [1.54, 1.807) is 7.11 Å². The van der Waals surface area contributed by atoms with Crippen molar-refractivity contribution in [2.75, 3.05) is 18.6 Å². The smallest absolute Gasteiger partial charge is 0.119 e. The van der Waals surface area contributed by atoms with Crippen molar-refractivity contribution in [2.24, 2.45) is 0 Å². The quantitative estimate of drug-likeness (QED) is 0.878. The minimum absolute atomic E-state index is 0.919. The molecular weight excluding hydrogens is 236 g/mol. The Bertz CT molecular complexity index is 572. The van der Waals surface area contributed by atoms with Gasteiger partial charge < -0.3 is 15.0 Å². The zero-order chi connectivity index (χ0) is 13.4. The van der Waals surface area contributed by atoms with Crippen molar-refractivity contribution in [3.05, 3.63) is 46.9 Å². The maximum atomic E-state index is 5.28. The maximum Gasteiger partial charge on any atom is 0.119 e. The number of methoxy groups -OCH3 is 1. The number of ether oxygens (including phenoxy) is 1. The number of nitrogens with zero attached hydrogens (tertiary/aromatic N) is 1. The van der Waals surface area contributed by atoms with Crippen LogP contribution in [-0.2, 0) is 0 Å². The molecule has 0 unspecified atom stereocenters. The second kappa shape index (κ2) is 4.65. The Hall–Kier alpha value is -1.90. The van der Waals surface area contributed by atoms with Crippen LogP contribution >= 0.6 is 0 Å². The van der Waals surface area contributed by atoms with Gasteiger partial charge in [0.25, 0.3) is 0 Å². The van der Waals surface area contributed by atoms with Gasteiger partial charge in [-0.25, -0.2) is 0 Å². The Morgan fingerprint density at radius 3 is 2.84 bits per heavy atom. The Morgan fingerprint density at radius 2 is 2.11 bits per heavy atom. The first-order chi connectivity index (χ1) is 9.19. The summed E-state index contributed by atoms with van der Waals surface area (Å²) in [4.78, 5) is 2.39. The van der Waals surface area contributed by atoms with E-state index in [2.05, 4.69) is 42.3 Å². The number of anilines is 1. The normalized spacial score (nSPS) is 18.1. The molecule has 0 amide bonds. The van der Waals surface area contributed by atoms with Crippen molar-refractivity contribution in [3.8, 4) is 5.75 Å². The fourth-order valence-electron chi connectivity index (χ4n) is 2.84. The average Bonchev–Trinajstić information content (AvgIpc) is 2.81. The SMILES string of the molecule is COc1ccc(N2CCC3=C2NC(C)=CC3)c(C)c1. The highest BCUT2D eigenvalue weighted by atomic mass is 16.5. The highest BCUT2D eigenvalue weighted by Gasteiger charge is 2.26. The Morgan fingerprint density at radius 1 is 1.26 bits per heavy atom. The molecule has 0 fully saturated rings. The summed E-state index contributed by atoms with van der Waals surface area (Å²) in [6.07, 6.45) is 4.50. The lowest BCUT2D eigenvalue weighted by molar-refractivity contribution is 0.414. The molecule has 3 nitrogen and oxygen atoms in total. The summed E-state index contributed by atoms with van der Waals surface area (Å²) in [6.45, 7) is 5.33. The molecule has 1 aromatic carbocycles. The predicted molar refractivity (Wildman–Crippen MR) is 78.2 cm³/mol. The lowest BCUT2D eigenvalue weighted by Crippen LogP contribution is -2.29. The maximum absolute atomic E-state index is 5.28. The molecule has 1 N–H and O–H groups in total. The standard InChI is InChI=1S/C16H20N2O/c1-11-10-14(19-3)6-7-15(11)18-9-8-13-5-4-12(2)17-16(13)18/h4,6-7,10,17H,5,8-9H2,1-3H3. The third kappa shape index (κ3) is 2.09. The van der Waals surface area contributed by atoms with E-state index in [9.17, 15) is 0 Å². The molecule has 3 rings (SSSR count). The summed E-state index contributed by atoms with van der Waals surface area (Å²) in [6, 6.07) is 6.28. The van der Waals surface area contributed by atoms with Gasteiger partial charge in [-0.15, -0.1) is 0 Å². The van der Waals surface area contributed by atoms with E-state index in [-0.39, 0.29) is 0 Å². The number of benzene rings is 1.